The minimum absolute atomic E-state index is 0.0168. The molecule has 0 saturated carbocycles. The molecule has 6 rings (SSSR count). The summed E-state index contributed by atoms with van der Waals surface area (Å²) in [6.07, 6.45) is 3.96. The van der Waals surface area contributed by atoms with Crippen molar-refractivity contribution in [1.82, 2.24) is 23.9 Å². The van der Waals surface area contributed by atoms with Crippen LogP contribution < -0.4 is 19.8 Å². The molecule has 13 nitrogen and oxygen atoms in total. The Hall–Kier alpha value is -5.04. The Morgan fingerprint density at radius 1 is 0.941 bits per heavy atom. The third-order valence-corrected chi connectivity index (χ3v) is 9.88. The molecule has 272 valence electrons. The first-order valence-corrected chi connectivity index (χ1v) is 17.3. The summed E-state index contributed by atoms with van der Waals surface area (Å²) >= 11 is 0. The molecule has 1 N–H and O–H groups in total. The van der Waals surface area contributed by atoms with Crippen LogP contribution in [0.3, 0.4) is 0 Å². The zero-order chi connectivity index (χ0) is 36.5. The summed E-state index contributed by atoms with van der Waals surface area (Å²) in [7, 11) is 4.61. The number of carbonyl (C=O) groups is 2. The molecule has 2 fully saturated rings. The number of aromatic nitrogens is 3. The maximum Gasteiger partial charge on any atom is 0.410 e. The molecular weight excluding hydrogens is 654 g/mol. The van der Waals surface area contributed by atoms with E-state index in [0.717, 1.165) is 5.56 Å². The van der Waals surface area contributed by atoms with E-state index in [2.05, 4.69) is 4.98 Å². The average molecular weight is 702 g/mol. The highest BCUT2D eigenvalue weighted by Crippen LogP contribution is 2.40. The number of amides is 2. The Kier molecular flexibility index (Phi) is 10.0. The van der Waals surface area contributed by atoms with E-state index in [1.165, 1.54) is 32.2 Å². The summed E-state index contributed by atoms with van der Waals surface area (Å²) in [5, 5.41) is 12.1. The molecule has 0 bridgehead atoms. The molecule has 2 amide bonds. The lowest BCUT2D eigenvalue weighted by molar-refractivity contribution is -0.142. The van der Waals surface area contributed by atoms with Gasteiger partial charge in [-0.15, -0.1) is 0 Å². The van der Waals surface area contributed by atoms with Crippen molar-refractivity contribution in [3.05, 3.63) is 77.0 Å². The molecule has 4 aromatic rings. The van der Waals surface area contributed by atoms with Gasteiger partial charge in [-0.3, -0.25) is 14.2 Å². The van der Waals surface area contributed by atoms with Crippen LogP contribution in [0.25, 0.3) is 16.7 Å². The van der Waals surface area contributed by atoms with E-state index in [4.69, 9.17) is 18.9 Å². The molecule has 2 atom stereocenters. The first kappa shape index (κ1) is 35.8. The minimum atomic E-state index is -1.20. The van der Waals surface area contributed by atoms with Crippen LogP contribution in [-0.2, 0) is 16.1 Å². The Labute approximate surface area is 297 Å². The summed E-state index contributed by atoms with van der Waals surface area (Å²) in [4.78, 5) is 48.8. The predicted molar refractivity (Wildman–Crippen MR) is 191 cm³/mol. The van der Waals surface area contributed by atoms with Crippen LogP contribution in [-0.4, -0.2) is 99.7 Å². The second-order valence-corrected chi connectivity index (χ2v) is 14.4. The minimum Gasteiger partial charge on any atom is -0.493 e. The summed E-state index contributed by atoms with van der Waals surface area (Å²) in [6, 6.07) is 15.1. The van der Waals surface area contributed by atoms with E-state index < -0.39 is 11.2 Å². The van der Waals surface area contributed by atoms with Gasteiger partial charge in [0.25, 0.3) is 5.56 Å². The molecule has 2 aromatic heterocycles. The number of hydrogen-bond donors (Lipinski definition) is 1. The molecule has 0 spiro atoms. The quantitative estimate of drug-likeness (QED) is 0.279. The lowest BCUT2D eigenvalue weighted by atomic mass is 9.79. The molecule has 13 heteroatoms. The van der Waals surface area contributed by atoms with Crippen LogP contribution in [0.1, 0.15) is 51.5 Å². The number of rotatable bonds is 8. The maximum atomic E-state index is 14.1. The molecule has 4 heterocycles. The van der Waals surface area contributed by atoms with Crippen LogP contribution in [0, 0.1) is 5.92 Å². The second kappa shape index (κ2) is 14.3. The number of carbonyl (C=O) groups excluding carboxylic acids is 2. The standard InChI is InChI=1S/C38H47N5O8/c1-37(2,3)51-36(46)41-16-12-27(29(22-41)25-10-8-7-9-11-25)34(44)40-18-14-38(47,15-19-40)23-42-24-39-33-28(35(42)45)13-17-43(33)26-20-30(48-4)32(50-6)31(21-26)49-5/h7-11,13,17,20-21,24,27,29,47H,12,14-16,18-19,22-23H2,1-6H3/t27-,29+/m1/s1. The van der Waals surface area contributed by atoms with Crippen LogP contribution in [0.2, 0.25) is 0 Å². The molecule has 2 aliphatic heterocycles. The number of piperidine rings is 2. The first-order valence-electron chi connectivity index (χ1n) is 17.3. The number of fused-ring (bicyclic) bond motifs is 1. The van der Waals surface area contributed by atoms with Gasteiger partial charge in [-0.05, 0) is 51.7 Å². The van der Waals surface area contributed by atoms with E-state index in [0.29, 0.717) is 79.4 Å². The zero-order valence-electron chi connectivity index (χ0n) is 30.1. The number of methoxy groups -OCH3 is 3. The maximum absolute atomic E-state index is 14.1. The Balaban J connectivity index is 1.15. The highest BCUT2D eigenvalue weighted by molar-refractivity contribution is 5.81. The average Bonchev–Trinajstić information content (AvgIpc) is 3.56. The lowest BCUT2D eigenvalue weighted by Crippen LogP contribution is -2.53. The van der Waals surface area contributed by atoms with Crippen molar-refractivity contribution in [2.24, 2.45) is 5.92 Å². The highest BCUT2D eigenvalue weighted by Gasteiger charge is 2.42. The number of benzene rings is 2. The van der Waals surface area contributed by atoms with Gasteiger partial charge in [-0.1, -0.05) is 30.3 Å². The molecule has 0 unspecified atom stereocenters. The van der Waals surface area contributed by atoms with Gasteiger partial charge >= 0.3 is 6.09 Å². The summed E-state index contributed by atoms with van der Waals surface area (Å²) in [5.74, 6) is 0.900. The van der Waals surface area contributed by atoms with E-state index in [9.17, 15) is 19.5 Å². The Morgan fingerprint density at radius 3 is 2.22 bits per heavy atom. The van der Waals surface area contributed by atoms with E-state index in [-0.39, 0.29) is 35.9 Å². The van der Waals surface area contributed by atoms with Crippen LogP contribution in [0.15, 0.2) is 65.8 Å². The van der Waals surface area contributed by atoms with Crippen molar-refractivity contribution in [2.45, 2.75) is 63.7 Å². The zero-order valence-corrected chi connectivity index (χ0v) is 30.1. The van der Waals surface area contributed by atoms with Gasteiger partial charge in [-0.25, -0.2) is 9.78 Å². The normalized spacial score (nSPS) is 19.1. The summed E-state index contributed by atoms with van der Waals surface area (Å²) in [5.41, 5.74) is 0.0246. The Bertz CT molecular complexity index is 1920. The van der Waals surface area contributed by atoms with Gasteiger partial charge in [-0.2, -0.15) is 0 Å². The van der Waals surface area contributed by atoms with Gasteiger partial charge in [0, 0.05) is 56.3 Å². The Morgan fingerprint density at radius 2 is 1.61 bits per heavy atom. The molecular formula is C38H47N5O8. The topological polar surface area (TPSA) is 138 Å². The fraction of sp³-hybridized carbons (Fsp3) is 0.474. The molecule has 0 aliphatic carbocycles. The predicted octanol–water partition coefficient (Wildman–Crippen LogP) is 4.61. The van der Waals surface area contributed by atoms with E-state index >= 15 is 0 Å². The van der Waals surface area contributed by atoms with Crippen molar-refractivity contribution in [3.8, 4) is 22.9 Å². The SMILES string of the molecule is COc1cc(-n2ccc3c(=O)n(CC4(O)CCN(C(=O)[C@@H]5CCN(C(=O)OC(C)(C)C)C[C@H]5c5ccccc5)CC4)cnc32)cc(OC)c1OC. The van der Waals surface area contributed by atoms with Crippen molar-refractivity contribution < 1.29 is 33.6 Å². The smallest absolute Gasteiger partial charge is 0.410 e. The summed E-state index contributed by atoms with van der Waals surface area (Å²) < 4.78 is 25.3. The molecule has 2 saturated heterocycles. The number of likely N-dealkylation sites (tertiary alicyclic amines) is 2. The van der Waals surface area contributed by atoms with E-state index in [1.54, 1.807) is 33.9 Å². The third-order valence-electron chi connectivity index (χ3n) is 9.88. The fourth-order valence-corrected chi connectivity index (χ4v) is 7.21. The molecule has 2 aromatic carbocycles. The number of nitrogens with zero attached hydrogens (tertiary/aromatic N) is 5. The third kappa shape index (κ3) is 7.39. The largest absolute Gasteiger partial charge is 0.493 e. The van der Waals surface area contributed by atoms with Crippen LogP contribution in [0.4, 0.5) is 4.79 Å². The van der Waals surface area contributed by atoms with Gasteiger partial charge in [0.1, 0.15) is 11.9 Å². The fourth-order valence-electron chi connectivity index (χ4n) is 7.21. The van der Waals surface area contributed by atoms with Crippen molar-refractivity contribution in [2.75, 3.05) is 47.5 Å². The van der Waals surface area contributed by atoms with Gasteiger partial charge in [0.2, 0.25) is 11.7 Å². The lowest BCUT2D eigenvalue weighted by Gasteiger charge is -2.43. The second-order valence-electron chi connectivity index (χ2n) is 14.4. The number of aliphatic hydroxyl groups is 1. The summed E-state index contributed by atoms with van der Waals surface area (Å²) in [6.45, 7) is 7.08. The molecule has 0 radical (unpaired) electrons. The van der Waals surface area contributed by atoms with Gasteiger partial charge < -0.3 is 38.4 Å². The number of ether oxygens (including phenoxy) is 4. The number of hydrogen-bond acceptors (Lipinski definition) is 9. The van der Waals surface area contributed by atoms with Crippen molar-refractivity contribution in [1.29, 1.82) is 0 Å². The van der Waals surface area contributed by atoms with Crippen molar-refractivity contribution in [3.63, 3.8) is 0 Å². The molecule has 2 aliphatic rings. The molecule has 51 heavy (non-hydrogen) atoms. The monoisotopic (exact) mass is 701 g/mol. The van der Waals surface area contributed by atoms with Crippen molar-refractivity contribution >= 4 is 23.0 Å². The highest BCUT2D eigenvalue weighted by atomic mass is 16.6. The van der Waals surface area contributed by atoms with Crippen LogP contribution >= 0.6 is 0 Å². The van der Waals surface area contributed by atoms with E-state index in [1.807, 2.05) is 56.0 Å². The van der Waals surface area contributed by atoms with Crippen LogP contribution in [0.5, 0.6) is 17.2 Å². The van der Waals surface area contributed by atoms with Gasteiger partial charge in [0.15, 0.2) is 17.1 Å². The van der Waals surface area contributed by atoms with Gasteiger partial charge in [0.05, 0.1) is 44.5 Å². The first-order chi connectivity index (χ1) is 24.3.